The van der Waals surface area contributed by atoms with Gasteiger partial charge in [-0.05, 0) is 31.2 Å². The van der Waals surface area contributed by atoms with Crippen LogP contribution in [0.25, 0.3) is 0 Å². The molecule has 2 rings (SSSR count). The number of nitrogens with one attached hydrogen (secondary N) is 1. The molecule has 0 aliphatic heterocycles. The Labute approximate surface area is 119 Å². The molecular weight excluding hydrogens is 280 g/mol. The van der Waals surface area contributed by atoms with E-state index < -0.39 is 10.0 Å². The van der Waals surface area contributed by atoms with Crippen molar-refractivity contribution >= 4 is 21.4 Å². The molecule has 6 heteroatoms. The van der Waals surface area contributed by atoms with Crippen molar-refractivity contribution in [2.45, 2.75) is 44.5 Å². The first kappa shape index (κ1) is 15.0. The van der Waals surface area contributed by atoms with Gasteiger partial charge in [0.05, 0.1) is 5.25 Å². The van der Waals surface area contributed by atoms with Gasteiger partial charge in [-0.3, -0.25) is 0 Å². The van der Waals surface area contributed by atoms with Crippen LogP contribution < -0.4 is 5.32 Å². The highest BCUT2D eigenvalue weighted by Gasteiger charge is 2.30. The fourth-order valence-electron chi connectivity index (χ4n) is 1.94. The first-order valence-corrected chi connectivity index (χ1v) is 9.17. The van der Waals surface area contributed by atoms with E-state index in [9.17, 15) is 8.42 Å². The molecule has 4 nitrogen and oxygen atoms in total. The van der Waals surface area contributed by atoms with Crippen molar-refractivity contribution in [3.63, 3.8) is 0 Å². The number of nitrogens with zero attached hydrogens (tertiary/aromatic N) is 1. The Hall–Kier alpha value is -0.430. The smallest absolute Gasteiger partial charge is 0.218 e. The minimum absolute atomic E-state index is 0.368. The highest BCUT2D eigenvalue weighted by molar-refractivity contribution is 7.89. The maximum Gasteiger partial charge on any atom is 0.218 e. The van der Waals surface area contributed by atoms with Crippen molar-refractivity contribution in [3.8, 4) is 0 Å². The topological polar surface area (TPSA) is 49.4 Å². The Morgan fingerprint density at radius 1 is 1.53 bits per heavy atom. The van der Waals surface area contributed by atoms with Crippen LogP contribution in [-0.4, -0.2) is 37.1 Å². The zero-order valence-electron chi connectivity index (χ0n) is 11.5. The van der Waals surface area contributed by atoms with E-state index in [0.29, 0.717) is 25.7 Å². The Morgan fingerprint density at radius 3 is 2.79 bits per heavy atom. The lowest BCUT2D eigenvalue weighted by Crippen LogP contribution is -2.42. The van der Waals surface area contributed by atoms with Gasteiger partial charge in [-0.15, -0.1) is 11.3 Å². The summed E-state index contributed by atoms with van der Waals surface area (Å²) in [5.74, 6) is 0. The monoisotopic (exact) mass is 302 g/mol. The molecule has 1 atom stereocenters. The van der Waals surface area contributed by atoms with Gasteiger partial charge in [0.15, 0.2) is 0 Å². The highest BCUT2D eigenvalue weighted by Crippen LogP contribution is 2.20. The average Bonchev–Trinajstić information content (AvgIpc) is 3.07. The fraction of sp³-hybridized carbons (Fsp3) is 0.692. The van der Waals surface area contributed by atoms with Crippen molar-refractivity contribution in [3.05, 3.63) is 22.4 Å². The van der Waals surface area contributed by atoms with E-state index in [4.69, 9.17) is 0 Å². The highest BCUT2D eigenvalue weighted by atomic mass is 32.2. The fourth-order valence-corrected chi connectivity index (χ4v) is 4.23. The van der Waals surface area contributed by atoms with Crippen molar-refractivity contribution in [2.75, 3.05) is 13.1 Å². The summed E-state index contributed by atoms with van der Waals surface area (Å²) < 4.78 is 26.6. The molecule has 1 aliphatic carbocycles. The standard InChI is InChI=1S/C13H22N2O2S2/c1-3-15(10-13-5-4-8-18-13)19(16,17)11(2)9-14-12-6-7-12/h4-5,8,11-12,14H,3,6-7,9-10H2,1-2H3. The van der Waals surface area contributed by atoms with Gasteiger partial charge >= 0.3 is 0 Å². The molecule has 1 aromatic heterocycles. The number of hydrogen-bond acceptors (Lipinski definition) is 4. The van der Waals surface area contributed by atoms with E-state index in [0.717, 1.165) is 4.88 Å². The molecule has 1 aliphatic rings. The molecule has 1 saturated carbocycles. The summed E-state index contributed by atoms with van der Waals surface area (Å²) in [6, 6.07) is 4.49. The molecular formula is C13H22N2O2S2. The number of sulfonamides is 1. The summed E-state index contributed by atoms with van der Waals surface area (Å²) in [7, 11) is -3.22. The third kappa shape index (κ3) is 4.02. The first-order chi connectivity index (χ1) is 9.04. The van der Waals surface area contributed by atoms with Crippen LogP contribution >= 0.6 is 11.3 Å². The molecule has 0 aromatic carbocycles. The van der Waals surface area contributed by atoms with E-state index in [1.54, 1.807) is 22.6 Å². The van der Waals surface area contributed by atoms with E-state index in [2.05, 4.69) is 5.32 Å². The molecule has 108 valence electrons. The van der Waals surface area contributed by atoms with Crippen molar-refractivity contribution in [2.24, 2.45) is 0 Å². The van der Waals surface area contributed by atoms with E-state index in [1.165, 1.54) is 12.8 Å². The van der Waals surface area contributed by atoms with Crippen LogP contribution in [0.15, 0.2) is 17.5 Å². The molecule has 0 amide bonds. The summed E-state index contributed by atoms with van der Waals surface area (Å²) >= 11 is 1.60. The molecule has 0 spiro atoms. The van der Waals surface area contributed by atoms with Gasteiger partial charge in [0.2, 0.25) is 10.0 Å². The van der Waals surface area contributed by atoms with Gasteiger partial charge in [0.1, 0.15) is 0 Å². The molecule has 1 heterocycles. The molecule has 1 unspecified atom stereocenters. The van der Waals surface area contributed by atoms with Gasteiger partial charge in [0, 0.05) is 30.6 Å². The Bertz CT molecular complexity index is 481. The molecule has 1 N–H and O–H groups in total. The third-order valence-corrected chi connectivity index (χ3v) is 6.56. The molecule has 1 aromatic rings. The van der Waals surface area contributed by atoms with Crippen molar-refractivity contribution < 1.29 is 8.42 Å². The number of hydrogen-bond donors (Lipinski definition) is 1. The minimum atomic E-state index is -3.22. The predicted octanol–water partition coefficient (Wildman–Crippen LogP) is 2.04. The van der Waals surface area contributed by atoms with Gasteiger partial charge in [-0.1, -0.05) is 13.0 Å². The summed E-state index contributed by atoms with van der Waals surface area (Å²) in [4.78, 5) is 1.09. The largest absolute Gasteiger partial charge is 0.313 e. The average molecular weight is 302 g/mol. The Morgan fingerprint density at radius 2 is 2.26 bits per heavy atom. The molecule has 0 bridgehead atoms. The lowest BCUT2D eigenvalue weighted by atomic mass is 10.4. The third-order valence-electron chi connectivity index (χ3n) is 3.40. The van der Waals surface area contributed by atoms with Crippen molar-refractivity contribution in [1.29, 1.82) is 0 Å². The van der Waals surface area contributed by atoms with Crippen LogP contribution in [0.2, 0.25) is 0 Å². The van der Waals surface area contributed by atoms with Crippen LogP contribution in [0.4, 0.5) is 0 Å². The second-order valence-corrected chi connectivity index (χ2v) is 8.43. The van der Waals surface area contributed by atoms with Gasteiger partial charge in [-0.25, -0.2) is 8.42 Å². The van der Waals surface area contributed by atoms with Crippen LogP contribution in [0.5, 0.6) is 0 Å². The lowest BCUT2D eigenvalue weighted by Gasteiger charge is -2.24. The quantitative estimate of drug-likeness (QED) is 0.799. The lowest BCUT2D eigenvalue weighted by molar-refractivity contribution is 0.416. The summed E-state index contributed by atoms with van der Waals surface area (Å²) in [6.45, 7) is 5.25. The molecule has 0 radical (unpaired) electrons. The maximum atomic E-state index is 12.5. The molecule has 19 heavy (non-hydrogen) atoms. The van der Waals surface area contributed by atoms with Gasteiger partial charge in [-0.2, -0.15) is 4.31 Å². The Balaban J connectivity index is 1.97. The van der Waals surface area contributed by atoms with E-state index in [1.807, 2.05) is 24.4 Å². The van der Waals surface area contributed by atoms with Crippen molar-refractivity contribution in [1.82, 2.24) is 9.62 Å². The van der Waals surface area contributed by atoms with Crippen LogP contribution in [0, 0.1) is 0 Å². The normalized spacial score (nSPS) is 17.8. The van der Waals surface area contributed by atoms with Gasteiger partial charge in [0.25, 0.3) is 0 Å². The van der Waals surface area contributed by atoms with Gasteiger partial charge < -0.3 is 5.32 Å². The zero-order chi connectivity index (χ0) is 13.9. The second kappa shape index (κ2) is 6.35. The predicted molar refractivity (Wildman–Crippen MR) is 79.8 cm³/mol. The van der Waals surface area contributed by atoms with E-state index in [-0.39, 0.29) is 5.25 Å². The van der Waals surface area contributed by atoms with E-state index >= 15 is 0 Å². The van der Waals surface area contributed by atoms with Crippen LogP contribution in [-0.2, 0) is 16.6 Å². The Kier molecular flexibility index (Phi) is 5.00. The summed E-state index contributed by atoms with van der Waals surface area (Å²) in [5.41, 5.74) is 0. The molecule has 0 saturated heterocycles. The SMILES string of the molecule is CCN(Cc1cccs1)S(=O)(=O)C(C)CNC1CC1. The number of rotatable bonds is 8. The second-order valence-electron chi connectivity index (χ2n) is 5.04. The summed E-state index contributed by atoms with van der Waals surface area (Å²) in [5, 5.41) is 4.91. The maximum absolute atomic E-state index is 12.5. The zero-order valence-corrected chi connectivity index (χ0v) is 13.1. The van der Waals surface area contributed by atoms with Crippen LogP contribution in [0.3, 0.4) is 0 Å². The minimum Gasteiger partial charge on any atom is -0.313 e. The summed E-state index contributed by atoms with van der Waals surface area (Å²) in [6.07, 6.45) is 2.36. The van der Waals surface area contributed by atoms with Crippen LogP contribution in [0.1, 0.15) is 31.6 Å². The molecule has 1 fully saturated rings. The number of thiophene rings is 1. The first-order valence-electron chi connectivity index (χ1n) is 6.78.